The molecule has 0 bridgehead atoms. The van der Waals surface area contributed by atoms with Crippen LogP contribution in [0.4, 0.5) is 10.7 Å². The standard InChI is InChI=1S/C14H22N2O4S/c1-5-8(7-19-3)16-13-10(14(18)20-4)11(15)12(21-13)9(17)6-2/h8,16H,5-7,15H2,1-4H3. The zero-order valence-electron chi connectivity index (χ0n) is 12.8. The summed E-state index contributed by atoms with van der Waals surface area (Å²) in [6.45, 7) is 4.25. The number of nitrogens with one attached hydrogen (secondary N) is 1. The van der Waals surface area contributed by atoms with Crippen molar-refractivity contribution in [3.05, 3.63) is 10.4 Å². The van der Waals surface area contributed by atoms with E-state index in [4.69, 9.17) is 15.2 Å². The smallest absolute Gasteiger partial charge is 0.343 e. The first-order valence-corrected chi connectivity index (χ1v) is 7.60. The number of methoxy groups -OCH3 is 2. The quantitative estimate of drug-likeness (QED) is 0.566. The molecule has 0 fully saturated rings. The Morgan fingerprint density at radius 1 is 1.33 bits per heavy atom. The predicted octanol–water partition coefficient (Wildman–Crippen LogP) is 2.55. The van der Waals surface area contributed by atoms with E-state index in [1.54, 1.807) is 14.0 Å². The molecule has 1 aromatic heterocycles. The normalized spacial score (nSPS) is 12.0. The number of thiophene rings is 1. The molecule has 6 nitrogen and oxygen atoms in total. The zero-order chi connectivity index (χ0) is 16.0. The van der Waals surface area contributed by atoms with E-state index in [9.17, 15) is 9.59 Å². The van der Waals surface area contributed by atoms with E-state index >= 15 is 0 Å². The number of Topliss-reactive ketones (excluding diaryl/α,β-unsaturated/α-hetero) is 1. The number of nitrogen functional groups attached to an aromatic ring is 1. The Bertz CT molecular complexity index is 513. The van der Waals surface area contributed by atoms with Gasteiger partial charge in [-0.25, -0.2) is 4.79 Å². The third-order valence-corrected chi connectivity index (χ3v) is 4.28. The number of hydrogen-bond acceptors (Lipinski definition) is 7. The maximum atomic E-state index is 11.9. The van der Waals surface area contributed by atoms with Crippen molar-refractivity contribution in [3.8, 4) is 0 Å². The molecule has 0 radical (unpaired) electrons. The summed E-state index contributed by atoms with van der Waals surface area (Å²) in [6.07, 6.45) is 1.14. The topological polar surface area (TPSA) is 90.6 Å². The Morgan fingerprint density at radius 3 is 2.48 bits per heavy atom. The van der Waals surface area contributed by atoms with Gasteiger partial charge in [0, 0.05) is 19.6 Å². The number of ether oxygens (including phenoxy) is 2. The lowest BCUT2D eigenvalue weighted by Gasteiger charge is -2.16. The van der Waals surface area contributed by atoms with Crippen LogP contribution in [-0.2, 0) is 9.47 Å². The van der Waals surface area contributed by atoms with Gasteiger partial charge in [0.1, 0.15) is 10.6 Å². The minimum Gasteiger partial charge on any atom is -0.465 e. The number of carbonyl (C=O) groups is 2. The van der Waals surface area contributed by atoms with E-state index in [1.165, 1.54) is 18.4 Å². The Morgan fingerprint density at radius 2 is 2.00 bits per heavy atom. The van der Waals surface area contributed by atoms with Gasteiger partial charge in [0.2, 0.25) is 0 Å². The van der Waals surface area contributed by atoms with Gasteiger partial charge in [-0.3, -0.25) is 4.79 Å². The lowest BCUT2D eigenvalue weighted by Crippen LogP contribution is -2.24. The first-order chi connectivity index (χ1) is 9.99. The van der Waals surface area contributed by atoms with Crippen LogP contribution in [0, 0.1) is 0 Å². The van der Waals surface area contributed by atoms with Crippen molar-refractivity contribution in [2.45, 2.75) is 32.7 Å². The summed E-state index contributed by atoms with van der Waals surface area (Å²) in [6, 6.07) is 0.0287. The molecule has 0 aliphatic rings. The van der Waals surface area contributed by atoms with Gasteiger partial charge in [-0.15, -0.1) is 11.3 Å². The van der Waals surface area contributed by atoms with Gasteiger partial charge in [-0.05, 0) is 6.42 Å². The lowest BCUT2D eigenvalue weighted by molar-refractivity contribution is 0.0603. The molecule has 118 valence electrons. The highest BCUT2D eigenvalue weighted by atomic mass is 32.1. The molecular formula is C14H22N2O4S. The van der Waals surface area contributed by atoms with Gasteiger partial charge in [-0.2, -0.15) is 0 Å². The summed E-state index contributed by atoms with van der Waals surface area (Å²) in [4.78, 5) is 24.2. The lowest BCUT2D eigenvalue weighted by atomic mass is 10.1. The largest absolute Gasteiger partial charge is 0.465 e. The first-order valence-electron chi connectivity index (χ1n) is 6.79. The fraction of sp³-hybridized carbons (Fsp3) is 0.571. The summed E-state index contributed by atoms with van der Waals surface area (Å²) in [5.74, 6) is -0.635. The number of ketones is 1. The number of carbonyl (C=O) groups excluding carboxylic acids is 2. The molecular weight excluding hydrogens is 292 g/mol. The SMILES string of the molecule is CCC(=O)c1sc(NC(CC)COC)c(C(=O)OC)c1N. The molecule has 7 heteroatoms. The maximum absolute atomic E-state index is 11.9. The molecule has 1 heterocycles. The first kappa shape index (κ1) is 17.5. The fourth-order valence-corrected chi connectivity index (χ4v) is 3.06. The number of rotatable bonds is 8. The van der Waals surface area contributed by atoms with E-state index in [0.29, 0.717) is 22.9 Å². The van der Waals surface area contributed by atoms with Gasteiger partial charge in [0.15, 0.2) is 5.78 Å². The minimum absolute atomic E-state index is 0.0287. The molecule has 0 aliphatic heterocycles. The Balaban J connectivity index is 3.22. The Labute approximate surface area is 128 Å². The molecule has 0 spiro atoms. The second-order valence-electron chi connectivity index (χ2n) is 4.52. The highest BCUT2D eigenvalue weighted by Crippen LogP contribution is 2.37. The van der Waals surface area contributed by atoms with Gasteiger partial charge >= 0.3 is 5.97 Å². The van der Waals surface area contributed by atoms with Crippen LogP contribution in [0.25, 0.3) is 0 Å². The van der Waals surface area contributed by atoms with Gasteiger partial charge < -0.3 is 20.5 Å². The van der Waals surface area contributed by atoms with Crippen molar-refractivity contribution in [2.24, 2.45) is 0 Å². The van der Waals surface area contributed by atoms with Crippen LogP contribution in [0.3, 0.4) is 0 Å². The highest BCUT2D eigenvalue weighted by Gasteiger charge is 2.26. The van der Waals surface area contributed by atoms with Crippen LogP contribution >= 0.6 is 11.3 Å². The van der Waals surface area contributed by atoms with Gasteiger partial charge in [0.05, 0.1) is 24.3 Å². The van der Waals surface area contributed by atoms with E-state index in [-0.39, 0.29) is 23.1 Å². The van der Waals surface area contributed by atoms with Crippen molar-refractivity contribution in [2.75, 3.05) is 31.9 Å². The Kier molecular flexibility index (Phi) is 6.64. The molecule has 3 N–H and O–H groups in total. The third kappa shape index (κ3) is 3.95. The second kappa shape index (κ2) is 7.99. The number of anilines is 2. The fourth-order valence-electron chi connectivity index (χ4n) is 1.87. The van der Waals surface area contributed by atoms with Crippen molar-refractivity contribution in [1.82, 2.24) is 0 Å². The molecule has 0 aromatic carbocycles. The summed E-state index contributed by atoms with van der Waals surface area (Å²) in [5, 5.41) is 3.77. The molecule has 1 rings (SSSR count). The van der Waals surface area contributed by atoms with Crippen molar-refractivity contribution in [3.63, 3.8) is 0 Å². The van der Waals surface area contributed by atoms with Gasteiger partial charge in [0.25, 0.3) is 0 Å². The Hall–Kier alpha value is -1.60. The van der Waals surface area contributed by atoms with Crippen LogP contribution < -0.4 is 11.1 Å². The van der Waals surface area contributed by atoms with Crippen molar-refractivity contribution >= 4 is 33.8 Å². The highest BCUT2D eigenvalue weighted by molar-refractivity contribution is 7.19. The maximum Gasteiger partial charge on any atom is 0.343 e. The summed E-state index contributed by atoms with van der Waals surface area (Å²) >= 11 is 1.19. The van der Waals surface area contributed by atoms with Crippen LogP contribution in [0.2, 0.25) is 0 Å². The monoisotopic (exact) mass is 314 g/mol. The number of hydrogen-bond donors (Lipinski definition) is 2. The van der Waals surface area contributed by atoms with Crippen molar-refractivity contribution < 1.29 is 19.1 Å². The summed E-state index contributed by atoms with van der Waals surface area (Å²) < 4.78 is 9.89. The minimum atomic E-state index is -0.548. The van der Waals surface area contributed by atoms with E-state index in [0.717, 1.165) is 6.42 Å². The van der Waals surface area contributed by atoms with E-state index < -0.39 is 5.97 Å². The van der Waals surface area contributed by atoms with Gasteiger partial charge in [-0.1, -0.05) is 13.8 Å². The molecule has 1 unspecified atom stereocenters. The third-order valence-electron chi connectivity index (χ3n) is 3.10. The van der Waals surface area contributed by atoms with Crippen LogP contribution in [0.15, 0.2) is 0 Å². The average molecular weight is 314 g/mol. The molecule has 0 saturated carbocycles. The molecule has 0 aliphatic carbocycles. The van der Waals surface area contributed by atoms with E-state index in [1.807, 2.05) is 6.92 Å². The number of esters is 1. The second-order valence-corrected chi connectivity index (χ2v) is 5.54. The molecule has 21 heavy (non-hydrogen) atoms. The van der Waals surface area contributed by atoms with Crippen molar-refractivity contribution in [1.29, 1.82) is 0 Å². The number of nitrogens with two attached hydrogens (primary N) is 1. The molecule has 0 amide bonds. The van der Waals surface area contributed by atoms with E-state index in [2.05, 4.69) is 5.32 Å². The average Bonchev–Trinajstić information content (AvgIpc) is 2.81. The molecule has 1 atom stereocenters. The zero-order valence-corrected chi connectivity index (χ0v) is 13.6. The van der Waals surface area contributed by atoms with Crippen LogP contribution in [-0.4, -0.2) is 38.6 Å². The van der Waals surface area contributed by atoms with Crippen LogP contribution in [0.1, 0.15) is 46.7 Å². The summed E-state index contributed by atoms with van der Waals surface area (Å²) in [5.41, 5.74) is 6.38. The molecule has 1 aromatic rings. The summed E-state index contributed by atoms with van der Waals surface area (Å²) in [7, 11) is 2.90. The van der Waals surface area contributed by atoms with Crippen LogP contribution in [0.5, 0.6) is 0 Å². The molecule has 0 saturated heterocycles. The predicted molar refractivity (Wildman–Crippen MR) is 84.3 cm³/mol.